The van der Waals surface area contributed by atoms with Crippen LogP contribution in [0.1, 0.15) is 39.0 Å². The first-order valence-corrected chi connectivity index (χ1v) is 6.92. The van der Waals surface area contributed by atoms with Crippen LogP contribution in [-0.4, -0.2) is 54.1 Å². The zero-order valence-electron chi connectivity index (χ0n) is 11.0. The van der Waals surface area contributed by atoms with Crippen LogP contribution in [0.2, 0.25) is 0 Å². The minimum Gasteiger partial charge on any atom is -0.481 e. The maximum absolute atomic E-state index is 10.6. The number of hydrogen-bond acceptors (Lipinski definition) is 4. The molecule has 2 aliphatic heterocycles. The number of carboxylic acids is 1. The van der Waals surface area contributed by atoms with Gasteiger partial charge in [-0.2, -0.15) is 0 Å². The van der Waals surface area contributed by atoms with Crippen molar-refractivity contribution in [3.8, 4) is 0 Å². The molecule has 18 heavy (non-hydrogen) atoms. The van der Waals surface area contributed by atoms with Crippen molar-refractivity contribution in [3.63, 3.8) is 0 Å². The highest BCUT2D eigenvalue weighted by atomic mass is 16.7. The molecule has 0 radical (unpaired) electrons. The third kappa shape index (κ3) is 3.67. The Kier molecular flexibility index (Phi) is 4.97. The van der Waals surface area contributed by atoms with E-state index < -0.39 is 5.97 Å². The predicted octanol–water partition coefficient (Wildman–Crippen LogP) is 1.47. The van der Waals surface area contributed by atoms with E-state index in [0.29, 0.717) is 12.6 Å². The molecule has 2 fully saturated rings. The Hall–Kier alpha value is -0.650. The summed E-state index contributed by atoms with van der Waals surface area (Å²) < 4.78 is 11.2. The fourth-order valence-corrected chi connectivity index (χ4v) is 2.90. The molecule has 0 bridgehead atoms. The standard InChI is InChI=1S/C13H23NO4/c1-2-14-6-4-3-5-10(14)7-13-17-9-11(18-13)8-12(15)16/h10-11,13H,2-9H2,1H3,(H,15,16). The average Bonchev–Trinajstić information content (AvgIpc) is 2.76. The number of likely N-dealkylation sites (tertiary alicyclic amines) is 1. The van der Waals surface area contributed by atoms with E-state index in [9.17, 15) is 4.79 Å². The van der Waals surface area contributed by atoms with Crippen molar-refractivity contribution < 1.29 is 19.4 Å². The second-order valence-electron chi connectivity index (χ2n) is 5.13. The number of piperidine rings is 1. The van der Waals surface area contributed by atoms with Gasteiger partial charge in [0.1, 0.15) is 0 Å². The van der Waals surface area contributed by atoms with Gasteiger partial charge in [0.2, 0.25) is 0 Å². The maximum atomic E-state index is 10.6. The van der Waals surface area contributed by atoms with Crippen LogP contribution in [0.25, 0.3) is 0 Å². The monoisotopic (exact) mass is 257 g/mol. The van der Waals surface area contributed by atoms with E-state index in [-0.39, 0.29) is 18.8 Å². The lowest BCUT2D eigenvalue weighted by Crippen LogP contribution is -2.41. The zero-order chi connectivity index (χ0) is 13.0. The fraction of sp³-hybridized carbons (Fsp3) is 0.923. The molecule has 3 unspecified atom stereocenters. The summed E-state index contributed by atoms with van der Waals surface area (Å²) in [5, 5.41) is 8.72. The van der Waals surface area contributed by atoms with Crippen molar-refractivity contribution in [2.24, 2.45) is 0 Å². The number of aliphatic carboxylic acids is 1. The second-order valence-corrected chi connectivity index (χ2v) is 5.13. The summed E-state index contributed by atoms with van der Waals surface area (Å²) in [7, 11) is 0. The minimum absolute atomic E-state index is 0.0403. The van der Waals surface area contributed by atoms with Gasteiger partial charge < -0.3 is 19.5 Å². The number of carboxylic acid groups (broad SMARTS) is 1. The van der Waals surface area contributed by atoms with Gasteiger partial charge in [-0.15, -0.1) is 0 Å². The largest absolute Gasteiger partial charge is 0.481 e. The van der Waals surface area contributed by atoms with E-state index in [1.165, 1.54) is 19.3 Å². The van der Waals surface area contributed by atoms with Crippen LogP contribution in [-0.2, 0) is 14.3 Å². The van der Waals surface area contributed by atoms with Gasteiger partial charge in [-0.25, -0.2) is 0 Å². The third-order valence-electron chi connectivity index (χ3n) is 3.83. The summed E-state index contributed by atoms with van der Waals surface area (Å²) in [6, 6.07) is 0.525. The average molecular weight is 257 g/mol. The molecule has 2 saturated heterocycles. The van der Waals surface area contributed by atoms with Gasteiger partial charge >= 0.3 is 5.97 Å². The van der Waals surface area contributed by atoms with E-state index in [1.54, 1.807) is 0 Å². The van der Waals surface area contributed by atoms with Gasteiger partial charge in [0.25, 0.3) is 0 Å². The first-order chi connectivity index (χ1) is 8.69. The topological polar surface area (TPSA) is 59.0 Å². The molecule has 2 heterocycles. The molecule has 0 spiro atoms. The number of ether oxygens (including phenoxy) is 2. The molecule has 0 saturated carbocycles. The van der Waals surface area contributed by atoms with Crippen molar-refractivity contribution in [3.05, 3.63) is 0 Å². The molecule has 5 nitrogen and oxygen atoms in total. The SMILES string of the molecule is CCN1CCCCC1CC1OCC(CC(=O)O)O1. The van der Waals surface area contributed by atoms with E-state index >= 15 is 0 Å². The van der Waals surface area contributed by atoms with Gasteiger partial charge in [0, 0.05) is 12.5 Å². The van der Waals surface area contributed by atoms with E-state index in [0.717, 1.165) is 19.5 Å². The van der Waals surface area contributed by atoms with E-state index in [2.05, 4.69) is 11.8 Å². The highest BCUT2D eigenvalue weighted by Gasteiger charge is 2.32. The van der Waals surface area contributed by atoms with Crippen LogP contribution in [0, 0.1) is 0 Å². The number of nitrogens with zero attached hydrogens (tertiary/aromatic N) is 1. The quantitative estimate of drug-likeness (QED) is 0.808. The van der Waals surface area contributed by atoms with Gasteiger partial charge in [-0.05, 0) is 25.9 Å². The van der Waals surface area contributed by atoms with Crippen LogP contribution in [0.4, 0.5) is 0 Å². The highest BCUT2D eigenvalue weighted by molar-refractivity contribution is 5.67. The summed E-state index contributed by atoms with van der Waals surface area (Å²) in [5.41, 5.74) is 0. The summed E-state index contributed by atoms with van der Waals surface area (Å²) in [4.78, 5) is 13.1. The maximum Gasteiger partial charge on any atom is 0.306 e. The second kappa shape index (κ2) is 6.50. The molecule has 3 atom stereocenters. The highest BCUT2D eigenvalue weighted by Crippen LogP contribution is 2.25. The minimum atomic E-state index is -0.822. The summed E-state index contributed by atoms with van der Waals surface area (Å²) in [5.74, 6) is -0.822. The van der Waals surface area contributed by atoms with Crippen LogP contribution in [0.5, 0.6) is 0 Å². The van der Waals surface area contributed by atoms with Crippen molar-refractivity contribution in [2.75, 3.05) is 19.7 Å². The lowest BCUT2D eigenvalue weighted by molar-refractivity contribution is -0.140. The van der Waals surface area contributed by atoms with E-state index in [1.807, 2.05) is 0 Å². The molecule has 0 aromatic rings. The summed E-state index contributed by atoms with van der Waals surface area (Å²) in [6.45, 7) is 4.82. The van der Waals surface area contributed by atoms with E-state index in [4.69, 9.17) is 14.6 Å². The van der Waals surface area contributed by atoms with Crippen molar-refractivity contribution >= 4 is 5.97 Å². The fourth-order valence-electron chi connectivity index (χ4n) is 2.90. The van der Waals surface area contributed by atoms with Crippen molar-refractivity contribution in [2.45, 2.75) is 57.5 Å². The Morgan fingerprint density at radius 3 is 3.00 bits per heavy atom. The summed E-state index contributed by atoms with van der Waals surface area (Å²) >= 11 is 0. The lowest BCUT2D eigenvalue weighted by atomic mass is 9.99. The normalized spacial score (nSPS) is 33.7. The molecular weight excluding hydrogens is 234 g/mol. The Bertz CT molecular complexity index is 284. The number of carbonyl (C=O) groups is 1. The first kappa shape index (κ1) is 13.8. The zero-order valence-corrected chi connectivity index (χ0v) is 11.0. The summed E-state index contributed by atoms with van der Waals surface area (Å²) in [6.07, 6.45) is 4.16. The molecule has 5 heteroatoms. The Morgan fingerprint density at radius 2 is 2.28 bits per heavy atom. The van der Waals surface area contributed by atoms with Crippen molar-refractivity contribution in [1.82, 2.24) is 4.90 Å². The van der Waals surface area contributed by atoms with Gasteiger partial charge in [0.15, 0.2) is 6.29 Å². The Balaban J connectivity index is 1.77. The Morgan fingerprint density at radius 1 is 1.44 bits per heavy atom. The Labute approximate surface area is 108 Å². The van der Waals surface area contributed by atoms with Gasteiger partial charge in [-0.1, -0.05) is 13.3 Å². The van der Waals surface area contributed by atoms with Gasteiger partial charge in [0.05, 0.1) is 19.1 Å². The molecule has 1 N–H and O–H groups in total. The molecule has 0 aromatic carbocycles. The molecule has 104 valence electrons. The third-order valence-corrected chi connectivity index (χ3v) is 3.83. The first-order valence-electron chi connectivity index (χ1n) is 6.92. The van der Waals surface area contributed by atoms with Crippen molar-refractivity contribution in [1.29, 1.82) is 0 Å². The number of rotatable bonds is 5. The van der Waals surface area contributed by atoms with Gasteiger partial charge in [-0.3, -0.25) is 4.79 Å². The molecule has 0 aromatic heterocycles. The molecule has 0 aliphatic carbocycles. The lowest BCUT2D eigenvalue weighted by Gasteiger charge is -2.35. The molecule has 2 rings (SSSR count). The van der Waals surface area contributed by atoms with Crippen LogP contribution < -0.4 is 0 Å². The predicted molar refractivity (Wildman–Crippen MR) is 66.4 cm³/mol. The number of hydrogen-bond donors (Lipinski definition) is 1. The molecular formula is C13H23NO4. The van der Waals surface area contributed by atoms with Crippen LogP contribution in [0.3, 0.4) is 0 Å². The molecule has 0 amide bonds. The smallest absolute Gasteiger partial charge is 0.306 e. The van der Waals surface area contributed by atoms with Crippen LogP contribution in [0.15, 0.2) is 0 Å². The van der Waals surface area contributed by atoms with Crippen LogP contribution >= 0.6 is 0 Å². The molecule has 2 aliphatic rings.